The van der Waals surface area contributed by atoms with Crippen LogP contribution in [0, 0.1) is 0 Å². The quantitative estimate of drug-likeness (QED) is 0.116. The molecule has 4 aromatic rings. The van der Waals surface area contributed by atoms with Gasteiger partial charge in [-0.3, -0.25) is 78.1 Å². The molecule has 22 nitrogen and oxygen atoms in total. The number of pyridine rings is 4. The maximum absolute atomic E-state index is 13.9. The lowest BCUT2D eigenvalue weighted by molar-refractivity contribution is -0.141. The van der Waals surface area contributed by atoms with Crippen molar-refractivity contribution < 1.29 is 39.0 Å². The zero-order valence-electron chi connectivity index (χ0n) is 42.2. The molecule has 4 amide bonds. The van der Waals surface area contributed by atoms with Crippen LogP contribution in [-0.4, -0.2) is 259 Å². The number of piperazine rings is 2. The molecule has 0 saturated carbocycles. The molecule has 3 saturated heterocycles. The number of nitrogens with zero attached hydrogens (tertiary/aromatic N) is 14. The van der Waals surface area contributed by atoms with E-state index in [0.29, 0.717) is 131 Å². The summed E-state index contributed by atoms with van der Waals surface area (Å²) >= 11 is 0. The Morgan fingerprint density at radius 3 is 0.824 bits per heavy atom. The topological polar surface area (TPSA) is 227 Å². The average molecular weight is 1020 g/mol. The molecule has 22 heteroatoms. The van der Waals surface area contributed by atoms with Gasteiger partial charge in [0, 0.05) is 156 Å². The van der Waals surface area contributed by atoms with Gasteiger partial charge in [-0.2, -0.15) is 0 Å². The summed E-state index contributed by atoms with van der Waals surface area (Å²) in [6, 6.07) is 22.8. The van der Waals surface area contributed by atoms with Crippen molar-refractivity contribution in [3.05, 3.63) is 120 Å². The number of hydrogen-bond donors (Lipinski definition) is 2. The highest BCUT2D eigenvalue weighted by atomic mass is 16.4. The number of amides is 4. The van der Waals surface area contributed by atoms with E-state index in [0.717, 1.165) is 22.8 Å². The summed E-state index contributed by atoms with van der Waals surface area (Å²) in [7, 11) is 0. The lowest BCUT2D eigenvalue weighted by Gasteiger charge is -2.38. The number of carboxylic acid groups (broad SMARTS) is 2. The zero-order chi connectivity index (χ0) is 52.1. The molecule has 7 rings (SSSR count). The van der Waals surface area contributed by atoms with Gasteiger partial charge in [0.05, 0.1) is 62.0 Å². The zero-order valence-corrected chi connectivity index (χ0v) is 42.2. The molecule has 7 heterocycles. The number of aliphatic carboxylic acids is 2. The first kappa shape index (κ1) is 54.9. The van der Waals surface area contributed by atoms with Crippen molar-refractivity contribution in [1.29, 1.82) is 0 Å². The molecule has 3 aliphatic heterocycles. The Bertz CT molecular complexity index is 2130. The molecule has 2 N–H and O–H groups in total. The van der Waals surface area contributed by atoms with Crippen LogP contribution in [0.25, 0.3) is 0 Å². The van der Waals surface area contributed by atoms with Gasteiger partial charge >= 0.3 is 11.9 Å². The molecule has 0 radical (unpaired) electrons. The summed E-state index contributed by atoms with van der Waals surface area (Å²) in [5.41, 5.74) is 3.36. The van der Waals surface area contributed by atoms with E-state index in [4.69, 9.17) is 0 Å². The minimum absolute atomic E-state index is 0.0474. The van der Waals surface area contributed by atoms with Gasteiger partial charge in [0.25, 0.3) is 0 Å². The summed E-state index contributed by atoms with van der Waals surface area (Å²) in [4.78, 5) is 116. The molecule has 3 fully saturated rings. The van der Waals surface area contributed by atoms with Gasteiger partial charge in [-0.15, -0.1) is 0 Å². The van der Waals surface area contributed by atoms with Crippen molar-refractivity contribution in [3.8, 4) is 0 Å². The van der Waals surface area contributed by atoms with Crippen molar-refractivity contribution in [3.63, 3.8) is 0 Å². The summed E-state index contributed by atoms with van der Waals surface area (Å²) in [5.74, 6) is -2.33. The van der Waals surface area contributed by atoms with Crippen LogP contribution < -0.4 is 0 Å². The molecule has 74 heavy (non-hydrogen) atoms. The van der Waals surface area contributed by atoms with Crippen LogP contribution in [0.1, 0.15) is 22.8 Å². The van der Waals surface area contributed by atoms with Gasteiger partial charge in [0.2, 0.25) is 23.6 Å². The lowest BCUT2D eigenvalue weighted by atomic mass is 10.2. The molecule has 0 aromatic carbocycles. The summed E-state index contributed by atoms with van der Waals surface area (Å²) in [5, 5.41) is 19.8. The highest BCUT2D eigenvalue weighted by molar-refractivity contribution is 5.81. The number of carbonyl (C=O) groups excluding carboxylic acids is 4. The minimum Gasteiger partial charge on any atom is -0.480 e. The second-order valence-electron chi connectivity index (χ2n) is 19.0. The fraction of sp³-hybridized carbons (Fsp3) is 0.500. The molecule has 0 aliphatic carbocycles. The monoisotopic (exact) mass is 1020 g/mol. The second-order valence-corrected chi connectivity index (χ2v) is 19.0. The smallest absolute Gasteiger partial charge is 0.317 e. The van der Waals surface area contributed by atoms with E-state index >= 15 is 0 Å². The molecule has 3 aliphatic rings. The van der Waals surface area contributed by atoms with Crippen molar-refractivity contribution in [1.82, 2.24) is 68.9 Å². The second kappa shape index (κ2) is 28.6. The Morgan fingerprint density at radius 2 is 0.595 bits per heavy atom. The molecular formula is C52H70N14O8. The van der Waals surface area contributed by atoms with E-state index < -0.39 is 11.9 Å². The molecule has 0 spiro atoms. The number of hydrogen-bond acceptors (Lipinski definition) is 16. The molecule has 0 unspecified atom stereocenters. The van der Waals surface area contributed by atoms with Gasteiger partial charge in [-0.25, -0.2) is 0 Å². The Morgan fingerprint density at radius 1 is 0.351 bits per heavy atom. The molecule has 4 aromatic heterocycles. The predicted octanol–water partition coefficient (Wildman–Crippen LogP) is -0.296. The van der Waals surface area contributed by atoms with E-state index in [-0.39, 0.29) is 62.9 Å². The SMILES string of the molecule is O=C(O)CN1CCN(CC(=O)N2CCN(C(=O)CN(Cc3ccccn3)Cc3ccccn3)CC2)CCN(CC(=O)O)CCN(CC(=O)N2CCN(C(=O)CN(Cc3ccccn3)Cc3ccccn3)CC2)CC1. The third-order valence-electron chi connectivity index (χ3n) is 13.5. The molecule has 396 valence electrons. The third kappa shape index (κ3) is 18.3. The van der Waals surface area contributed by atoms with Crippen LogP contribution in [0.4, 0.5) is 0 Å². The Hall–Kier alpha value is -6.82. The number of carbonyl (C=O) groups is 6. The average Bonchev–Trinajstić information content (AvgIpc) is 3.40. The lowest BCUT2D eigenvalue weighted by Crippen LogP contribution is -2.55. The maximum atomic E-state index is 13.9. The molecular weight excluding hydrogens is 949 g/mol. The first-order chi connectivity index (χ1) is 35.9. The van der Waals surface area contributed by atoms with Crippen LogP contribution in [-0.2, 0) is 54.9 Å². The maximum Gasteiger partial charge on any atom is 0.317 e. The molecule has 0 atom stereocenters. The van der Waals surface area contributed by atoms with E-state index in [1.165, 1.54) is 0 Å². The van der Waals surface area contributed by atoms with Crippen LogP contribution in [0.3, 0.4) is 0 Å². The van der Waals surface area contributed by atoms with E-state index in [9.17, 15) is 39.0 Å². The number of carboxylic acids is 2. The summed E-state index contributed by atoms with van der Waals surface area (Å²) < 4.78 is 0. The van der Waals surface area contributed by atoms with Crippen LogP contribution in [0.15, 0.2) is 97.6 Å². The molecule has 0 bridgehead atoms. The van der Waals surface area contributed by atoms with Crippen LogP contribution in [0.5, 0.6) is 0 Å². The normalized spacial score (nSPS) is 17.2. The first-order valence-corrected chi connectivity index (χ1v) is 25.4. The largest absolute Gasteiger partial charge is 0.480 e. The van der Waals surface area contributed by atoms with Crippen molar-refractivity contribution >= 4 is 35.6 Å². The summed E-state index contributed by atoms with van der Waals surface area (Å²) in [6.07, 6.45) is 6.91. The first-order valence-electron chi connectivity index (χ1n) is 25.4. The van der Waals surface area contributed by atoms with Gasteiger partial charge in [0.1, 0.15) is 0 Å². The Kier molecular flexibility index (Phi) is 21.2. The standard InChI is InChI=1S/C52H70N14O8/c67-47(63-25-29-65(30-26-63)49(69)39-61(33-43-9-1-5-13-53-43)34-44-10-2-6-14-54-44)37-57-17-21-59(41-51(71)72)23-19-58(20-24-60(22-18-57)42-52(73)74)38-48(68)64-27-31-66(32-28-64)50(70)40-62(35-45-11-3-7-15-55-45)36-46-12-4-8-16-56-46/h1-16H,17-42H2,(H,71,72)(H,73,74). The fourth-order valence-corrected chi connectivity index (χ4v) is 9.39. The van der Waals surface area contributed by atoms with Gasteiger partial charge in [-0.05, 0) is 48.5 Å². The number of rotatable bonds is 20. The van der Waals surface area contributed by atoms with E-state index in [1.54, 1.807) is 54.2 Å². The van der Waals surface area contributed by atoms with E-state index in [1.807, 2.05) is 92.4 Å². The number of aromatic nitrogens is 4. The fourth-order valence-electron chi connectivity index (χ4n) is 9.39. The highest BCUT2D eigenvalue weighted by Gasteiger charge is 2.30. The van der Waals surface area contributed by atoms with Gasteiger partial charge in [0.15, 0.2) is 0 Å². The van der Waals surface area contributed by atoms with Crippen molar-refractivity contribution in [2.75, 3.05) is 144 Å². The predicted molar refractivity (Wildman–Crippen MR) is 273 cm³/mol. The Labute approximate surface area is 432 Å². The van der Waals surface area contributed by atoms with Gasteiger partial charge < -0.3 is 29.8 Å². The highest BCUT2D eigenvalue weighted by Crippen LogP contribution is 2.13. The van der Waals surface area contributed by atoms with Crippen LogP contribution in [0.2, 0.25) is 0 Å². The van der Waals surface area contributed by atoms with Crippen LogP contribution >= 0.6 is 0 Å². The van der Waals surface area contributed by atoms with E-state index in [2.05, 4.69) is 19.9 Å². The minimum atomic E-state index is -0.997. The summed E-state index contributed by atoms with van der Waals surface area (Å²) in [6.45, 7) is 7.47. The Balaban J connectivity index is 0.898. The van der Waals surface area contributed by atoms with Crippen molar-refractivity contribution in [2.24, 2.45) is 0 Å². The van der Waals surface area contributed by atoms with Crippen molar-refractivity contribution in [2.45, 2.75) is 26.2 Å². The third-order valence-corrected chi connectivity index (χ3v) is 13.5. The van der Waals surface area contributed by atoms with Gasteiger partial charge in [-0.1, -0.05) is 24.3 Å².